The Labute approximate surface area is 158 Å². The van der Waals surface area contributed by atoms with Crippen LogP contribution in [-0.4, -0.2) is 19.1 Å². The molecule has 0 saturated heterocycles. The van der Waals surface area contributed by atoms with Crippen LogP contribution < -0.4 is 10.6 Å². The van der Waals surface area contributed by atoms with Gasteiger partial charge in [-0.2, -0.15) is 0 Å². The van der Waals surface area contributed by atoms with Gasteiger partial charge in [0.15, 0.2) is 0 Å². The van der Waals surface area contributed by atoms with Gasteiger partial charge in [0.05, 0.1) is 18.7 Å². The largest absolute Gasteiger partial charge is 0.465 e. The van der Waals surface area contributed by atoms with Crippen LogP contribution in [0.25, 0.3) is 10.8 Å². The number of benzene rings is 3. The molecule has 0 saturated carbocycles. The lowest BCUT2D eigenvalue weighted by Gasteiger charge is -2.17. The molecule has 0 radical (unpaired) electrons. The summed E-state index contributed by atoms with van der Waals surface area (Å²) in [5.41, 5.74) is 2.46. The summed E-state index contributed by atoms with van der Waals surface area (Å²) >= 11 is 0. The first-order valence-corrected chi connectivity index (χ1v) is 8.78. The molecule has 27 heavy (non-hydrogen) atoms. The quantitative estimate of drug-likeness (QED) is 0.669. The van der Waals surface area contributed by atoms with Gasteiger partial charge in [0.1, 0.15) is 0 Å². The van der Waals surface area contributed by atoms with Crippen molar-refractivity contribution in [1.29, 1.82) is 0 Å². The predicted octanol–water partition coefficient (Wildman–Crippen LogP) is 4.19. The minimum absolute atomic E-state index is 0.127. The zero-order chi connectivity index (χ0) is 19.2. The van der Waals surface area contributed by atoms with Gasteiger partial charge in [-0.05, 0) is 41.0 Å². The number of nitrogens with one attached hydrogen (secondary N) is 2. The third kappa shape index (κ3) is 4.44. The van der Waals surface area contributed by atoms with E-state index in [4.69, 9.17) is 0 Å². The van der Waals surface area contributed by atoms with E-state index in [-0.39, 0.29) is 18.0 Å². The normalized spacial score (nSPS) is 11.6. The molecule has 0 aliphatic carbocycles. The molecule has 0 heterocycles. The van der Waals surface area contributed by atoms with Crippen LogP contribution in [0.15, 0.2) is 66.7 Å². The number of ether oxygens (including phenoxy) is 1. The van der Waals surface area contributed by atoms with Gasteiger partial charge in [-0.3, -0.25) is 0 Å². The van der Waals surface area contributed by atoms with Gasteiger partial charge in [0.2, 0.25) is 0 Å². The molecule has 138 valence electrons. The maximum absolute atomic E-state index is 12.3. The summed E-state index contributed by atoms with van der Waals surface area (Å²) < 4.78 is 4.67. The fraction of sp³-hybridized carbons (Fsp3) is 0.182. The number of urea groups is 1. The van der Waals surface area contributed by atoms with Crippen LogP contribution in [0.4, 0.5) is 4.79 Å². The number of methoxy groups -OCH3 is 1. The number of amides is 2. The van der Waals surface area contributed by atoms with Crippen molar-refractivity contribution in [1.82, 2.24) is 10.6 Å². The van der Waals surface area contributed by atoms with Gasteiger partial charge in [-0.15, -0.1) is 0 Å². The molecule has 0 aliphatic heterocycles. The Hall–Kier alpha value is -3.34. The third-order valence-corrected chi connectivity index (χ3v) is 4.47. The van der Waals surface area contributed by atoms with E-state index in [1.807, 2.05) is 31.2 Å². The lowest BCUT2D eigenvalue weighted by molar-refractivity contribution is 0.0600. The van der Waals surface area contributed by atoms with Gasteiger partial charge >= 0.3 is 12.0 Å². The summed E-state index contributed by atoms with van der Waals surface area (Å²) in [6.07, 6.45) is 0. The van der Waals surface area contributed by atoms with Crippen LogP contribution in [-0.2, 0) is 11.3 Å². The van der Waals surface area contributed by atoms with Crippen molar-refractivity contribution in [2.24, 2.45) is 0 Å². The Kier molecular flexibility index (Phi) is 5.71. The average molecular weight is 362 g/mol. The summed E-state index contributed by atoms with van der Waals surface area (Å²) in [7, 11) is 1.35. The van der Waals surface area contributed by atoms with Crippen molar-refractivity contribution < 1.29 is 14.3 Å². The van der Waals surface area contributed by atoms with Gasteiger partial charge in [-0.1, -0.05) is 54.6 Å². The summed E-state index contributed by atoms with van der Waals surface area (Å²) in [4.78, 5) is 23.7. The fourth-order valence-corrected chi connectivity index (χ4v) is 3.01. The van der Waals surface area contributed by atoms with Crippen molar-refractivity contribution in [3.05, 3.63) is 83.4 Å². The molecule has 0 spiro atoms. The monoisotopic (exact) mass is 362 g/mol. The topological polar surface area (TPSA) is 67.4 Å². The lowest BCUT2D eigenvalue weighted by atomic mass is 10.00. The molecule has 1 atom stereocenters. The van der Waals surface area contributed by atoms with E-state index in [1.165, 1.54) is 7.11 Å². The highest BCUT2D eigenvalue weighted by Gasteiger charge is 2.12. The molecule has 0 bridgehead atoms. The summed E-state index contributed by atoms with van der Waals surface area (Å²) in [6, 6.07) is 20.8. The van der Waals surface area contributed by atoms with Crippen LogP contribution in [0, 0.1) is 0 Å². The number of carbonyl (C=O) groups is 2. The first-order chi connectivity index (χ1) is 13.1. The second-order valence-electron chi connectivity index (χ2n) is 6.31. The van der Waals surface area contributed by atoms with E-state index in [1.54, 1.807) is 24.3 Å². The maximum atomic E-state index is 12.3. The van der Waals surface area contributed by atoms with Gasteiger partial charge < -0.3 is 15.4 Å². The Morgan fingerprint density at radius 1 is 0.963 bits per heavy atom. The molecule has 5 nitrogen and oxygen atoms in total. The smallest absolute Gasteiger partial charge is 0.337 e. The second-order valence-corrected chi connectivity index (χ2v) is 6.31. The molecule has 2 N–H and O–H groups in total. The summed E-state index contributed by atoms with van der Waals surface area (Å²) in [6.45, 7) is 2.34. The molecule has 3 rings (SSSR count). The van der Waals surface area contributed by atoms with Crippen LogP contribution in [0.1, 0.15) is 34.5 Å². The van der Waals surface area contributed by atoms with Crippen molar-refractivity contribution in [3.63, 3.8) is 0 Å². The van der Waals surface area contributed by atoms with E-state index in [9.17, 15) is 9.59 Å². The third-order valence-electron chi connectivity index (χ3n) is 4.47. The molecule has 1 unspecified atom stereocenters. The van der Waals surface area contributed by atoms with E-state index >= 15 is 0 Å². The number of hydrogen-bond acceptors (Lipinski definition) is 3. The highest BCUT2D eigenvalue weighted by molar-refractivity contribution is 5.89. The number of fused-ring (bicyclic) bond motifs is 1. The number of carbonyl (C=O) groups excluding carboxylic acids is 2. The van der Waals surface area contributed by atoms with E-state index in [2.05, 4.69) is 33.6 Å². The van der Waals surface area contributed by atoms with Crippen LogP contribution in [0.3, 0.4) is 0 Å². The average Bonchev–Trinajstić information content (AvgIpc) is 2.71. The van der Waals surface area contributed by atoms with Gasteiger partial charge in [0, 0.05) is 6.54 Å². The van der Waals surface area contributed by atoms with Crippen LogP contribution in [0.5, 0.6) is 0 Å². The van der Waals surface area contributed by atoms with E-state index in [0.29, 0.717) is 12.1 Å². The Morgan fingerprint density at radius 3 is 2.41 bits per heavy atom. The molecule has 0 fully saturated rings. The standard InChI is InChI=1S/C22H22N2O3/c1-15(19-9-5-7-17-6-3-4-8-20(17)19)24-22(26)23-14-16-10-12-18(13-11-16)21(25)27-2/h3-13,15H,14H2,1-2H3,(H2,23,24,26). The minimum Gasteiger partial charge on any atom is -0.465 e. The highest BCUT2D eigenvalue weighted by Crippen LogP contribution is 2.23. The summed E-state index contributed by atoms with van der Waals surface area (Å²) in [5.74, 6) is -0.379. The molecular formula is C22H22N2O3. The first-order valence-electron chi connectivity index (χ1n) is 8.78. The van der Waals surface area contributed by atoms with Gasteiger partial charge in [-0.25, -0.2) is 9.59 Å². The Morgan fingerprint density at radius 2 is 1.67 bits per heavy atom. The van der Waals surface area contributed by atoms with E-state index in [0.717, 1.165) is 21.9 Å². The first kappa shape index (κ1) is 18.5. The van der Waals surface area contributed by atoms with Crippen molar-refractivity contribution in [2.45, 2.75) is 19.5 Å². The SMILES string of the molecule is COC(=O)c1ccc(CNC(=O)NC(C)c2cccc3ccccc23)cc1. The van der Waals surface area contributed by atoms with Crippen LogP contribution in [0.2, 0.25) is 0 Å². The Balaban J connectivity index is 1.59. The van der Waals surface area contributed by atoms with Crippen molar-refractivity contribution in [3.8, 4) is 0 Å². The molecule has 0 aromatic heterocycles. The van der Waals surface area contributed by atoms with E-state index < -0.39 is 0 Å². The van der Waals surface area contributed by atoms with Crippen LogP contribution >= 0.6 is 0 Å². The lowest BCUT2D eigenvalue weighted by Crippen LogP contribution is -2.36. The minimum atomic E-state index is -0.379. The zero-order valence-electron chi connectivity index (χ0n) is 15.4. The maximum Gasteiger partial charge on any atom is 0.337 e. The predicted molar refractivity (Wildman–Crippen MR) is 106 cm³/mol. The molecule has 3 aromatic rings. The zero-order valence-corrected chi connectivity index (χ0v) is 15.4. The molecular weight excluding hydrogens is 340 g/mol. The number of hydrogen-bond donors (Lipinski definition) is 2. The molecule has 5 heteroatoms. The van der Waals surface area contributed by atoms with Gasteiger partial charge in [0.25, 0.3) is 0 Å². The highest BCUT2D eigenvalue weighted by atomic mass is 16.5. The fourth-order valence-electron chi connectivity index (χ4n) is 3.01. The molecule has 3 aromatic carbocycles. The molecule has 0 aliphatic rings. The van der Waals surface area contributed by atoms with Crippen molar-refractivity contribution in [2.75, 3.05) is 7.11 Å². The molecule has 2 amide bonds. The number of rotatable bonds is 5. The summed E-state index contributed by atoms with van der Waals surface area (Å²) in [5, 5.41) is 8.10. The second kappa shape index (κ2) is 8.36. The van der Waals surface area contributed by atoms with Crippen molar-refractivity contribution >= 4 is 22.8 Å². The number of esters is 1. The Bertz CT molecular complexity index is 946.